The lowest BCUT2D eigenvalue weighted by Gasteiger charge is -2.16. The summed E-state index contributed by atoms with van der Waals surface area (Å²) >= 11 is 3.29. The first kappa shape index (κ1) is 9.73. The number of aliphatic hydroxyl groups excluding tert-OH is 1. The van der Waals surface area contributed by atoms with Crippen molar-refractivity contribution < 1.29 is 5.11 Å². The minimum Gasteiger partial charge on any atom is -0.396 e. The van der Waals surface area contributed by atoms with Crippen LogP contribution in [0.2, 0.25) is 0 Å². The van der Waals surface area contributed by atoms with Crippen molar-refractivity contribution in [1.29, 1.82) is 0 Å². The van der Waals surface area contributed by atoms with Crippen molar-refractivity contribution >= 4 is 27.4 Å². The van der Waals surface area contributed by atoms with Gasteiger partial charge in [0.15, 0.2) is 0 Å². The zero-order valence-corrected chi connectivity index (χ0v) is 9.21. The molecule has 2 rings (SSSR count). The molecule has 76 valence electrons. The van der Waals surface area contributed by atoms with Crippen LogP contribution in [0.4, 0.5) is 11.5 Å². The molecule has 0 aromatic carbocycles. The molecular formula is C9H12BrN3O. The Kier molecular flexibility index (Phi) is 2.36. The summed E-state index contributed by atoms with van der Waals surface area (Å²) in [5.74, 6) is 0.653. The predicted octanol–water partition coefficient (Wildman–Crippen LogP) is 1.36. The number of nitrogens with two attached hydrogens (primary N) is 1. The number of anilines is 2. The zero-order valence-electron chi connectivity index (χ0n) is 7.63. The monoisotopic (exact) mass is 257 g/mol. The minimum absolute atomic E-state index is 0.129. The van der Waals surface area contributed by atoms with E-state index in [1.165, 1.54) is 0 Å². The van der Waals surface area contributed by atoms with Gasteiger partial charge in [-0.2, -0.15) is 0 Å². The van der Waals surface area contributed by atoms with Gasteiger partial charge < -0.3 is 16.2 Å². The fraction of sp³-hybridized carbons (Fsp3) is 0.444. The second kappa shape index (κ2) is 3.40. The first-order valence-corrected chi connectivity index (χ1v) is 5.25. The topological polar surface area (TPSA) is 71.2 Å². The highest BCUT2D eigenvalue weighted by Gasteiger charge is 2.42. The summed E-state index contributed by atoms with van der Waals surface area (Å²) in [6.45, 7) is 0.129. The number of nitrogens with zero attached hydrogens (tertiary/aromatic N) is 1. The molecular weight excluding hydrogens is 246 g/mol. The van der Waals surface area contributed by atoms with E-state index in [0.29, 0.717) is 11.5 Å². The van der Waals surface area contributed by atoms with E-state index in [0.717, 1.165) is 17.3 Å². The van der Waals surface area contributed by atoms with Crippen LogP contribution in [0.3, 0.4) is 0 Å². The second-order valence-corrected chi connectivity index (χ2v) is 4.57. The number of nitrogens with one attached hydrogen (secondary N) is 1. The van der Waals surface area contributed by atoms with E-state index in [1.807, 2.05) is 0 Å². The van der Waals surface area contributed by atoms with Gasteiger partial charge >= 0.3 is 0 Å². The van der Waals surface area contributed by atoms with E-state index < -0.39 is 0 Å². The molecule has 1 saturated carbocycles. The van der Waals surface area contributed by atoms with E-state index in [2.05, 4.69) is 26.2 Å². The molecule has 14 heavy (non-hydrogen) atoms. The van der Waals surface area contributed by atoms with E-state index >= 15 is 0 Å². The van der Waals surface area contributed by atoms with Crippen LogP contribution in [0, 0.1) is 0 Å². The van der Waals surface area contributed by atoms with Gasteiger partial charge in [0.05, 0.1) is 17.8 Å². The van der Waals surface area contributed by atoms with Gasteiger partial charge in [-0.05, 0) is 34.8 Å². The highest BCUT2D eigenvalue weighted by Crippen LogP contribution is 2.39. The van der Waals surface area contributed by atoms with Crippen molar-refractivity contribution in [3.8, 4) is 0 Å². The molecule has 1 aromatic heterocycles. The van der Waals surface area contributed by atoms with Crippen LogP contribution < -0.4 is 11.1 Å². The third-order valence-electron chi connectivity index (χ3n) is 2.42. The van der Waals surface area contributed by atoms with E-state index in [1.54, 1.807) is 12.3 Å². The average Bonchev–Trinajstić information content (AvgIpc) is 2.91. The number of hydrogen-bond donors (Lipinski definition) is 3. The molecule has 0 bridgehead atoms. The number of aliphatic hydroxyl groups is 1. The number of rotatable bonds is 3. The lowest BCUT2D eigenvalue weighted by molar-refractivity contribution is 0.266. The Hall–Kier alpha value is -0.810. The summed E-state index contributed by atoms with van der Waals surface area (Å²) in [4.78, 5) is 4.16. The smallest absolute Gasteiger partial charge is 0.149 e. The summed E-state index contributed by atoms with van der Waals surface area (Å²) in [6, 6.07) is 1.79. The quantitative estimate of drug-likeness (QED) is 0.765. The van der Waals surface area contributed by atoms with E-state index in [-0.39, 0.29) is 12.1 Å². The molecule has 0 spiro atoms. The van der Waals surface area contributed by atoms with Gasteiger partial charge in [-0.15, -0.1) is 0 Å². The van der Waals surface area contributed by atoms with Gasteiger partial charge in [-0.25, -0.2) is 4.98 Å². The number of aromatic nitrogens is 1. The molecule has 1 aromatic rings. The molecule has 0 amide bonds. The summed E-state index contributed by atoms with van der Waals surface area (Å²) < 4.78 is 0.856. The first-order valence-electron chi connectivity index (χ1n) is 4.45. The Morgan fingerprint density at radius 2 is 2.36 bits per heavy atom. The van der Waals surface area contributed by atoms with E-state index in [9.17, 15) is 0 Å². The molecule has 0 aliphatic heterocycles. The van der Waals surface area contributed by atoms with Crippen molar-refractivity contribution in [1.82, 2.24) is 4.98 Å². The van der Waals surface area contributed by atoms with Crippen LogP contribution in [0.5, 0.6) is 0 Å². The fourth-order valence-electron chi connectivity index (χ4n) is 1.28. The Labute approximate surface area is 90.7 Å². The first-order chi connectivity index (χ1) is 6.65. The lowest BCUT2D eigenvalue weighted by Crippen LogP contribution is -2.26. The number of halogens is 1. The van der Waals surface area contributed by atoms with Gasteiger partial charge in [0.25, 0.3) is 0 Å². The Morgan fingerprint density at radius 1 is 1.64 bits per heavy atom. The Bertz CT molecular complexity index is 352. The Balaban J connectivity index is 2.17. The van der Waals surface area contributed by atoms with Crippen LogP contribution in [-0.2, 0) is 0 Å². The maximum Gasteiger partial charge on any atom is 0.149 e. The maximum atomic E-state index is 9.12. The van der Waals surface area contributed by atoms with Crippen LogP contribution in [-0.4, -0.2) is 22.2 Å². The minimum atomic E-state index is -0.172. The van der Waals surface area contributed by atoms with Gasteiger partial charge in [-0.1, -0.05) is 0 Å². The van der Waals surface area contributed by atoms with Gasteiger partial charge in [-0.3, -0.25) is 0 Å². The van der Waals surface area contributed by atoms with Crippen LogP contribution in [0.25, 0.3) is 0 Å². The molecule has 1 aliphatic rings. The summed E-state index contributed by atoms with van der Waals surface area (Å²) in [6.07, 6.45) is 3.63. The molecule has 0 saturated heterocycles. The van der Waals surface area contributed by atoms with Crippen LogP contribution in [0.1, 0.15) is 12.8 Å². The molecule has 1 fully saturated rings. The zero-order chi connectivity index (χ0) is 10.2. The van der Waals surface area contributed by atoms with Gasteiger partial charge in [0.1, 0.15) is 5.82 Å². The third kappa shape index (κ3) is 1.83. The van der Waals surface area contributed by atoms with Crippen LogP contribution >= 0.6 is 15.9 Å². The lowest BCUT2D eigenvalue weighted by atomic mass is 10.3. The van der Waals surface area contributed by atoms with E-state index in [4.69, 9.17) is 10.8 Å². The second-order valence-electron chi connectivity index (χ2n) is 3.65. The molecule has 4 nitrogen and oxygen atoms in total. The van der Waals surface area contributed by atoms with Gasteiger partial charge in [0.2, 0.25) is 0 Å². The largest absolute Gasteiger partial charge is 0.396 e. The SMILES string of the molecule is Nc1cc(Br)cnc1NC1(CO)CC1. The summed E-state index contributed by atoms with van der Waals surface area (Å²) in [5.41, 5.74) is 6.20. The van der Waals surface area contributed by atoms with Crippen LogP contribution in [0.15, 0.2) is 16.7 Å². The standard InChI is InChI=1S/C9H12BrN3O/c10-6-3-7(11)8(12-4-6)13-9(5-14)1-2-9/h3-4,14H,1-2,5,11H2,(H,12,13). The van der Waals surface area contributed by atoms with Gasteiger partial charge in [0, 0.05) is 10.7 Å². The predicted molar refractivity (Wildman–Crippen MR) is 59.0 cm³/mol. The summed E-state index contributed by atoms with van der Waals surface area (Å²) in [5, 5.41) is 12.3. The Morgan fingerprint density at radius 3 is 2.86 bits per heavy atom. The van der Waals surface area contributed by atoms with Crippen molar-refractivity contribution in [2.24, 2.45) is 0 Å². The normalized spacial score (nSPS) is 17.9. The molecule has 1 aliphatic carbocycles. The third-order valence-corrected chi connectivity index (χ3v) is 2.86. The molecule has 5 heteroatoms. The number of pyridine rings is 1. The summed E-state index contributed by atoms with van der Waals surface area (Å²) in [7, 11) is 0. The van der Waals surface area contributed by atoms with Crippen molar-refractivity contribution in [2.45, 2.75) is 18.4 Å². The highest BCUT2D eigenvalue weighted by molar-refractivity contribution is 9.10. The number of nitrogen functional groups attached to an aromatic ring is 1. The fourth-order valence-corrected chi connectivity index (χ4v) is 1.63. The highest BCUT2D eigenvalue weighted by atomic mass is 79.9. The molecule has 4 N–H and O–H groups in total. The average molecular weight is 258 g/mol. The molecule has 1 heterocycles. The van der Waals surface area contributed by atoms with Crippen molar-refractivity contribution in [2.75, 3.05) is 17.7 Å². The maximum absolute atomic E-state index is 9.12. The number of hydrogen-bond acceptors (Lipinski definition) is 4. The molecule has 0 atom stereocenters. The molecule has 0 radical (unpaired) electrons. The van der Waals surface area contributed by atoms with Crippen molar-refractivity contribution in [3.05, 3.63) is 16.7 Å². The molecule has 0 unspecified atom stereocenters. The van der Waals surface area contributed by atoms with Crippen molar-refractivity contribution in [3.63, 3.8) is 0 Å².